The highest BCUT2D eigenvalue weighted by molar-refractivity contribution is 5.70. The summed E-state index contributed by atoms with van der Waals surface area (Å²) < 4.78 is 15.0. The van der Waals surface area contributed by atoms with Gasteiger partial charge in [0.05, 0.1) is 27.2 Å². The quantitative estimate of drug-likeness (QED) is 0.658. The van der Waals surface area contributed by atoms with E-state index < -0.39 is 0 Å². The summed E-state index contributed by atoms with van der Waals surface area (Å²) in [6.45, 7) is 1.67. The Balaban J connectivity index is 2.79. The molecule has 0 fully saturated rings. The number of hydrogen-bond acceptors (Lipinski definition) is 6. The average Bonchev–Trinajstić information content (AvgIpc) is 2.47. The molecule has 0 saturated heterocycles. The lowest BCUT2D eigenvalue weighted by atomic mass is 10.3. The van der Waals surface area contributed by atoms with Crippen molar-refractivity contribution in [1.82, 2.24) is 4.98 Å². The molecule has 6 heteroatoms. The molecule has 1 aromatic rings. The van der Waals surface area contributed by atoms with Gasteiger partial charge in [0, 0.05) is 26.4 Å². The zero-order valence-electron chi connectivity index (χ0n) is 11.6. The number of hydrogen-bond donors (Lipinski definition) is 0. The monoisotopic (exact) mass is 268 g/mol. The molecule has 1 aromatic heterocycles. The van der Waals surface area contributed by atoms with Gasteiger partial charge in [-0.05, 0) is 12.1 Å². The molecule has 19 heavy (non-hydrogen) atoms. The Morgan fingerprint density at radius 1 is 1.32 bits per heavy atom. The lowest BCUT2D eigenvalue weighted by Gasteiger charge is -2.24. The minimum absolute atomic E-state index is 0.252. The number of nitrogens with zero attached hydrogens (tertiary/aromatic N) is 2. The number of aromatic nitrogens is 1. The van der Waals surface area contributed by atoms with Crippen LogP contribution in [-0.2, 0) is 14.3 Å². The summed E-state index contributed by atoms with van der Waals surface area (Å²) in [6.07, 6.45) is 1.98. The molecule has 0 aromatic carbocycles. The average molecular weight is 268 g/mol. The molecule has 0 radical (unpaired) electrons. The normalized spacial score (nSPS) is 10.1. The molecule has 0 atom stereocenters. The molecule has 0 aliphatic rings. The van der Waals surface area contributed by atoms with Crippen molar-refractivity contribution in [2.24, 2.45) is 0 Å². The maximum absolute atomic E-state index is 11.2. The first-order valence-corrected chi connectivity index (χ1v) is 6.02. The fourth-order valence-corrected chi connectivity index (χ4v) is 1.63. The number of esters is 1. The standard InChI is InChI=1S/C13H20N2O4/c1-17-10-9-15(8-6-12(16)19-3)13-11(18-2)5-4-7-14-13/h4-5,7H,6,8-10H2,1-3H3. The molecule has 106 valence electrons. The van der Waals surface area contributed by atoms with E-state index in [9.17, 15) is 4.79 Å². The lowest BCUT2D eigenvalue weighted by Crippen LogP contribution is -2.31. The van der Waals surface area contributed by atoms with E-state index in [2.05, 4.69) is 9.72 Å². The molecule has 0 aliphatic carbocycles. The molecule has 6 nitrogen and oxygen atoms in total. The summed E-state index contributed by atoms with van der Waals surface area (Å²) in [7, 11) is 4.60. The van der Waals surface area contributed by atoms with Gasteiger partial charge in [-0.2, -0.15) is 0 Å². The van der Waals surface area contributed by atoms with Crippen molar-refractivity contribution in [3.63, 3.8) is 0 Å². The highest BCUT2D eigenvalue weighted by atomic mass is 16.5. The fourth-order valence-electron chi connectivity index (χ4n) is 1.63. The Morgan fingerprint density at radius 2 is 2.11 bits per heavy atom. The molecule has 1 heterocycles. The number of anilines is 1. The molecule has 0 spiro atoms. The third-order valence-electron chi connectivity index (χ3n) is 2.65. The van der Waals surface area contributed by atoms with Gasteiger partial charge in [0.1, 0.15) is 0 Å². The van der Waals surface area contributed by atoms with Crippen LogP contribution in [0.25, 0.3) is 0 Å². The van der Waals surface area contributed by atoms with Crippen LogP contribution in [0.2, 0.25) is 0 Å². The van der Waals surface area contributed by atoms with Gasteiger partial charge in [0.15, 0.2) is 11.6 Å². The van der Waals surface area contributed by atoms with E-state index in [4.69, 9.17) is 9.47 Å². The Morgan fingerprint density at radius 3 is 2.74 bits per heavy atom. The van der Waals surface area contributed by atoms with Gasteiger partial charge < -0.3 is 19.1 Å². The van der Waals surface area contributed by atoms with Crippen LogP contribution in [0.1, 0.15) is 6.42 Å². The van der Waals surface area contributed by atoms with E-state index >= 15 is 0 Å². The zero-order valence-corrected chi connectivity index (χ0v) is 11.6. The van der Waals surface area contributed by atoms with Crippen molar-refractivity contribution in [1.29, 1.82) is 0 Å². The van der Waals surface area contributed by atoms with Crippen molar-refractivity contribution in [2.45, 2.75) is 6.42 Å². The fraction of sp³-hybridized carbons (Fsp3) is 0.538. The Hall–Kier alpha value is -1.82. The Bertz CT molecular complexity index is 398. The maximum Gasteiger partial charge on any atom is 0.307 e. The maximum atomic E-state index is 11.2. The van der Waals surface area contributed by atoms with Gasteiger partial charge in [-0.25, -0.2) is 4.98 Å². The summed E-state index contributed by atoms with van der Waals surface area (Å²) in [5, 5.41) is 0. The number of carbonyl (C=O) groups is 1. The van der Waals surface area contributed by atoms with Crippen molar-refractivity contribution in [3.05, 3.63) is 18.3 Å². The summed E-state index contributed by atoms with van der Waals surface area (Å²) in [5.74, 6) is 1.12. The van der Waals surface area contributed by atoms with Gasteiger partial charge in [-0.1, -0.05) is 0 Å². The smallest absolute Gasteiger partial charge is 0.307 e. The molecular weight excluding hydrogens is 248 g/mol. The molecule has 1 rings (SSSR count). The van der Waals surface area contributed by atoms with Crippen LogP contribution < -0.4 is 9.64 Å². The number of pyridine rings is 1. The van der Waals surface area contributed by atoms with Crippen molar-refractivity contribution < 1.29 is 19.0 Å². The van der Waals surface area contributed by atoms with Gasteiger partial charge >= 0.3 is 5.97 Å². The molecule has 0 amide bonds. The molecule has 0 unspecified atom stereocenters. The number of methoxy groups -OCH3 is 3. The molecule has 0 aliphatic heterocycles. The highest BCUT2D eigenvalue weighted by Gasteiger charge is 2.14. The van der Waals surface area contributed by atoms with Crippen molar-refractivity contribution >= 4 is 11.8 Å². The lowest BCUT2D eigenvalue weighted by molar-refractivity contribution is -0.140. The minimum atomic E-state index is -0.252. The summed E-state index contributed by atoms with van der Waals surface area (Å²) in [6, 6.07) is 3.64. The number of carbonyl (C=O) groups excluding carboxylic acids is 1. The molecule has 0 bridgehead atoms. The van der Waals surface area contributed by atoms with Crippen LogP contribution in [-0.4, -0.2) is 52.0 Å². The van der Waals surface area contributed by atoms with Crippen LogP contribution in [0.4, 0.5) is 5.82 Å². The van der Waals surface area contributed by atoms with E-state index in [0.29, 0.717) is 37.7 Å². The molecule has 0 saturated carbocycles. The van der Waals surface area contributed by atoms with E-state index in [1.807, 2.05) is 11.0 Å². The summed E-state index contributed by atoms with van der Waals surface area (Å²) in [5.41, 5.74) is 0. The SMILES string of the molecule is COCCN(CCC(=O)OC)c1ncccc1OC. The van der Waals surface area contributed by atoms with Gasteiger partial charge in [-0.15, -0.1) is 0 Å². The predicted molar refractivity (Wildman–Crippen MR) is 71.5 cm³/mol. The van der Waals surface area contributed by atoms with Crippen LogP contribution in [0, 0.1) is 0 Å². The zero-order chi connectivity index (χ0) is 14.1. The Labute approximate surface area is 113 Å². The topological polar surface area (TPSA) is 60.9 Å². The Kier molecular flexibility index (Phi) is 6.67. The predicted octanol–water partition coefficient (Wildman–Crippen LogP) is 1.11. The number of rotatable bonds is 8. The van der Waals surface area contributed by atoms with E-state index in [-0.39, 0.29) is 5.97 Å². The summed E-state index contributed by atoms with van der Waals surface area (Å²) >= 11 is 0. The largest absolute Gasteiger partial charge is 0.493 e. The second kappa shape index (κ2) is 8.31. The first kappa shape index (κ1) is 15.2. The second-order valence-corrected chi connectivity index (χ2v) is 3.84. The van der Waals surface area contributed by atoms with Crippen molar-refractivity contribution in [3.8, 4) is 5.75 Å². The molecular formula is C13H20N2O4. The van der Waals surface area contributed by atoms with E-state index in [1.165, 1.54) is 7.11 Å². The van der Waals surface area contributed by atoms with Crippen molar-refractivity contribution in [2.75, 3.05) is 45.9 Å². The summed E-state index contributed by atoms with van der Waals surface area (Å²) in [4.78, 5) is 17.5. The van der Waals surface area contributed by atoms with Gasteiger partial charge in [0.2, 0.25) is 0 Å². The van der Waals surface area contributed by atoms with Crippen LogP contribution >= 0.6 is 0 Å². The van der Waals surface area contributed by atoms with Crippen LogP contribution in [0.3, 0.4) is 0 Å². The molecule has 0 N–H and O–H groups in total. The van der Waals surface area contributed by atoms with Crippen LogP contribution in [0.5, 0.6) is 5.75 Å². The first-order chi connectivity index (χ1) is 9.22. The van der Waals surface area contributed by atoms with Gasteiger partial charge in [0.25, 0.3) is 0 Å². The van der Waals surface area contributed by atoms with E-state index in [0.717, 1.165) is 0 Å². The first-order valence-electron chi connectivity index (χ1n) is 6.02. The van der Waals surface area contributed by atoms with Gasteiger partial charge in [-0.3, -0.25) is 4.79 Å². The van der Waals surface area contributed by atoms with Crippen LogP contribution in [0.15, 0.2) is 18.3 Å². The second-order valence-electron chi connectivity index (χ2n) is 3.84. The highest BCUT2D eigenvalue weighted by Crippen LogP contribution is 2.24. The minimum Gasteiger partial charge on any atom is -0.493 e. The number of ether oxygens (including phenoxy) is 3. The third kappa shape index (κ3) is 4.75. The van der Waals surface area contributed by atoms with E-state index in [1.54, 1.807) is 26.5 Å². The third-order valence-corrected chi connectivity index (χ3v) is 2.65.